The zero-order valence-corrected chi connectivity index (χ0v) is 14.3. The molecule has 0 saturated heterocycles. The van der Waals surface area contributed by atoms with Gasteiger partial charge in [-0.1, -0.05) is 24.3 Å². The molecule has 6 nitrogen and oxygen atoms in total. The number of anilines is 1. The van der Waals surface area contributed by atoms with E-state index in [2.05, 4.69) is 10.1 Å². The summed E-state index contributed by atoms with van der Waals surface area (Å²) in [5.74, 6) is -0.342. The maximum atomic E-state index is 12.1. The first-order chi connectivity index (χ1) is 12.2. The van der Waals surface area contributed by atoms with E-state index in [9.17, 15) is 9.59 Å². The van der Waals surface area contributed by atoms with Crippen molar-refractivity contribution >= 4 is 29.3 Å². The molecule has 0 aromatic heterocycles. The number of esters is 1. The number of nitrogens with one attached hydrogen (secondary N) is 1. The zero-order valence-electron chi connectivity index (χ0n) is 13.5. The predicted molar refractivity (Wildman–Crippen MR) is 94.7 cm³/mol. The van der Waals surface area contributed by atoms with E-state index < -0.39 is 5.97 Å². The molecule has 0 saturated carbocycles. The van der Waals surface area contributed by atoms with Crippen molar-refractivity contribution in [1.82, 2.24) is 0 Å². The van der Waals surface area contributed by atoms with Gasteiger partial charge in [-0.05, 0) is 24.3 Å². The van der Waals surface area contributed by atoms with Gasteiger partial charge in [-0.3, -0.25) is 4.79 Å². The van der Waals surface area contributed by atoms with Crippen LogP contribution in [0.15, 0.2) is 53.4 Å². The molecule has 0 fully saturated rings. The van der Waals surface area contributed by atoms with Crippen LogP contribution in [0.3, 0.4) is 0 Å². The van der Waals surface area contributed by atoms with E-state index in [1.54, 1.807) is 36.4 Å². The molecule has 1 amide bonds. The van der Waals surface area contributed by atoms with Gasteiger partial charge < -0.3 is 14.8 Å². The highest BCUT2D eigenvalue weighted by atomic mass is 32.2. The molecule has 2 rings (SSSR count). The van der Waals surface area contributed by atoms with Crippen LogP contribution in [0.1, 0.15) is 10.4 Å². The fraction of sp³-hybridized carbons (Fsp3) is 0.167. The van der Waals surface area contributed by atoms with Crippen molar-refractivity contribution in [2.24, 2.45) is 0 Å². The Morgan fingerprint density at radius 2 is 1.88 bits per heavy atom. The number of thioether (sulfide) groups is 1. The summed E-state index contributed by atoms with van der Waals surface area (Å²) in [4.78, 5) is 24.6. The predicted octanol–water partition coefficient (Wildman–Crippen LogP) is 3.11. The van der Waals surface area contributed by atoms with E-state index in [0.29, 0.717) is 5.69 Å². The van der Waals surface area contributed by atoms with Crippen molar-refractivity contribution in [2.45, 2.75) is 4.90 Å². The molecule has 1 N–H and O–H groups in total. The second kappa shape index (κ2) is 9.35. The average molecular weight is 356 g/mol. The molecule has 25 heavy (non-hydrogen) atoms. The lowest BCUT2D eigenvalue weighted by molar-refractivity contribution is -0.118. The number of hydrogen-bond acceptors (Lipinski definition) is 6. The molecule has 0 radical (unpaired) electrons. The van der Waals surface area contributed by atoms with Crippen molar-refractivity contribution < 1.29 is 19.1 Å². The Kier molecular flexibility index (Phi) is 6.87. The van der Waals surface area contributed by atoms with Crippen LogP contribution in [0.4, 0.5) is 5.69 Å². The normalized spacial score (nSPS) is 9.76. The smallest absolute Gasteiger partial charge is 0.341 e. The maximum absolute atomic E-state index is 12.1. The summed E-state index contributed by atoms with van der Waals surface area (Å²) in [7, 11) is 1.28. The van der Waals surface area contributed by atoms with Crippen LogP contribution >= 0.6 is 11.8 Å². The van der Waals surface area contributed by atoms with Crippen molar-refractivity contribution in [2.75, 3.05) is 24.8 Å². The summed E-state index contributed by atoms with van der Waals surface area (Å²) in [6.45, 7) is -0.259. The number of para-hydroxylation sites is 2. The van der Waals surface area contributed by atoms with Crippen LogP contribution < -0.4 is 10.1 Å². The topological polar surface area (TPSA) is 88.4 Å². The summed E-state index contributed by atoms with van der Waals surface area (Å²) in [5.41, 5.74) is 0.861. The largest absolute Gasteiger partial charge is 0.483 e. The molecule has 0 bridgehead atoms. The number of ether oxygens (including phenoxy) is 2. The Bertz CT molecular complexity index is 802. The monoisotopic (exact) mass is 356 g/mol. The molecule has 0 aliphatic rings. The van der Waals surface area contributed by atoms with Crippen molar-refractivity contribution in [3.05, 3.63) is 54.1 Å². The lowest BCUT2D eigenvalue weighted by Crippen LogP contribution is -2.21. The number of amides is 1. The third-order valence-corrected chi connectivity index (χ3v) is 4.04. The van der Waals surface area contributed by atoms with Crippen molar-refractivity contribution in [1.29, 1.82) is 5.26 Å². The lowest BCUT2D eigenvalue weighted by Gasteiger charge is -2.12. The Morgan fingerprint density at radius 3 is 2.64 bits per heavy atom. The first-order valence-corrected chi connectivity index (χ1v) is 8.33. The number of carbonyl (C=O) groups is 2. The molecule has 0 aliphatic heterocycles. The number of nitriles is 1. The number of benzene rings is 2. The van der Waals surface area contributed by atoms with Crippen LogP contribution in [0.2, 0.25) is 0 Å². The Hall–Kier alpha value is -2.98. The van der Waals surface area contributed by atoms with Crippen LogP contribution in [-0.4, -0.2) is 31.3 Å². The minimum atomic E-state index is -0.533. The number of nitrogens with zero attached hydrogens (tertiary/aromatic N) is 1. The molecule has 2 aromatic carbocycles. The second-order valence-corrected chi connectivity index (χ2v) is 5.78. The van der Waals surface area contributed by atoms with Crippen molar-refractivity contribution in [3.8, 4) is 11.8 Å². The quantitative estimate of drug-likeness (QED) is 0.606. The van der Waals surface area contributed by atoms with Gasteiger partial charge in [0, 0.05) is 4.90 Å². The molecule has 0 atom stereocenters. The molecule has 7 heteroatoms. The maximum Gasteiger partial charge on any atom is 0.341 e. The fourth-order valence-electron chi connectivity index (χ4n) is 2.01. The third kappa shape index (κ3) is 5.26. The van der Waals surface area contributed by atoms with Gasteiger partial charge in [-0.2, -0.15) is 5.26 Å². The Balaban J connectivity index is 2.01. The lowest BCUT2D eigenvalue weighted by atomic mass is 10.2. The number of rotatable bonds is 7. The van der Waals surface area contributed by atoms with Crippen LogP contribution in [0.5, 0.6) is 5.75 Å². The number of carbonyl (C=O) groups excluding carboxylic acids is 2. The highest BCUT2D eigenvalue weighted by Crippen LogP contribution is 2.26. The van der Waals surface area contributed by atoms with E-state index in [1.807, 2.05) is 18.2 Å². The zero-order chi connectivity index (χ0) is 18.1. The van der Waals surface area contributed by atoms with Gasteiger partial charge in [0.2, 0.25) is 0 Å². The Labute approximate surface area is 149 Å². The van der Waals surface area contributed by atoms with Gasteiger partial charge in [0.25, 0.3) is 5.91 Å². The molecule has 128 valence electrons. The fourth-order valence-corrected chi connectivity index (χ4v) is 2.68. The van der Waals surface area contributed by atoms with Gasteiger partial charge in [-0.15, -0.1) is 11.8 Å². The van der Waals surface area contributed by atoms with E-state index in [-0.39, 0.29) is 29.6 Å². The number of methoxy groups -OCH3 is 1. The van der Waals surface area contributed by atoms with Gasteiger partial charge in [0.15, 0.2) is 6.61 Å². The average Bonchev–Trinajstić information content (AvgIpc) is 2.65. The summed E-state index contributed by atoms with van der Waals surface area (Å²) < 4.78 is 10.1. The molecular formula is C18H16N2O4S. The van der Waals surface area contributed by atoms with E-state index in [4.69, 9.17) is 10.00 Å². The Morgan fingerprint density at radius 1 is 1.16 bits per heavy atom. The minimum absolute atomic E-state index is 0.253. The summed E-state index contributed by atoms with van der Waals surface area (Å²) in [6, 6.07) is 15.8. The molecule has 0 spiro atoms. The second-order valence-electron chi connectivity index (χ2n) is 4.77. The van der Waals surface area contributed by atoms with Gasteiger partial charge in [-0.25, -0.2) is 4.79 Å². The highest BCUT2D eigenvalue weighted by molar-refractivity contribution is 7.99. The minimum Gasteiger partial charge on any atom is -0.483 e. The SMILES string of the molecule is COC(=O)c1ccccc1OCC(=O)Nc1ccccc1SCC#N. The van der Waals surface area contributed by atoms with E-state index >= 15 is 0 Å². The van der Waals surface area contributed by atoms with E-state index in [1.165, 1.54) is 18.9 Å². The first kappa shape index (κ1) is 18.4. The third-order valence-electron chi connectivity index (χ3n) is 3.10. The summed E-state index contributed by atoms with van der Waals surface area (Å²) in [5, 5.41) is 11.4. The van der Waals surface area contributed by atoms with Gasteiger partial charge in [0.05, 0.1) is 24.6 Å². The first-order valence-electron chi connectivity index (χ1n) is 7.34. The molecule has 0 aliphatic carbocycles. The van der Waals surface area contributed by atoms with Gasteiger partial charge in [0.1, 0.15) is 11.3 Å². The number of hydrogen-bond donors (Lipinski definition) is 1. The van der Waals surface area contributed by atoms with Crippen LogP contribution in [0, 0.1) is 11.3 Å². The molecule has 2 aromatic rings. The molecule has 0 unspecified atom stereocenters. The van der Waals surface area contributed by atoms with Crippen LogP contribution in [0.25, 0.3) is 0 Å². The standard InChI is InChI=1S/C18H16N2O4S/c1-23-18(22)13-6-2-4-8-15(13)24-12-17(21)20-14-7-3-5-9-16(14)25-11-10-19/h2-9H,11-12H2,1H3,(H,20,21). The highest BCUT2D eigenvalue weighted by Gasteiger charge is 2.14. The molecule has 0 heterocycles. The van der Waals surface area contributed by atoms with E-state index in [0.717, 1.165) is 4.90 Å². The molecular weight excluding hydrogens is 340 g/mol. The van der Waals surface area contributed by atoms with Gasteiger partial charge >= 0.3 is 5.97 Å². The van der Waals surface area contributed by atoms with Crippen molar-refractivity contribution in [3.63, 3.8) is 0 Å². The van der Waals surface area contributed by atoms with Crippen LogP contribution in [-0.2, 0) is 9.53 Å². The summed E-state index contributed by atoms with van der Waals surface area (Å²) >= 11 is 1.33. The summed E-state index contributed by atoms with van der Waals surface area (Å²) in [6.07, 6.45) is 0.